The van der Waals surface area contributed by atoms with Crippen LogP contribution in [0.3, 0.4) is 0 Å². The standard InChI is InChI=1S/C28H27N2O2.CHF3O3S/c1-29(2)26-16-17-27-23(19-26)13-15-25(30(27)3)14-10-20-8-11-21(12-9-20)22-6-5-7-24(18-22)28(31)32-4;2-1(3,4)8(5,6)7/h5-19H,1-4H3;(H,5,6,7)/q+1;/p-1/b14-10+;. The maximum atomic E-state index is 11.8. The molecular weight excluding hydrogens is 545 g/mol. The summed E-state index contributed by atoms with van der Waals surface area (Å²) < 4.78 is 65.9. The van der Waals surface area contributed by atoms with Crippen molar-refractivity contribution in [3.05, 3.63) is 95.7 Å². The zero-order valence-corrected chi connectivity index (χ0v) is 23.0. The van der Waals surface area contributed by atoms with Crippen molar-refractivity contribution in [2.24, 2.45) is 7.05 Å². The molecule has 40 heavy (non-hydrogen) atoms. The molecule has 7 nitrogen and oxygen atoms in total. The summed E-state index contributed by atoms with van der Waals surface area (Å²) in [5.74, 6) is -0.326. The highest BCUT2D eigenvalue weighted by Crippen LogP contribution is 2.23. The summed E-state index contributed by atoms with van der Waals surface area (Å²) in [6, 6.07) is 26.6. The van der Waals surface area contributed by atoms with Crippen molar-refractivity contribution in [1.82, 2.24) is 0 Å². The Hall–Kier alpha value is -4.22. The van der Waals surface area contributed by atoms with Crippen molar-refractivity contribution < 1.29 is 40.2 Å². The maximum Gasteiger partial charge on any atom is 0.485 e. The van der Waals surface area contributed by atoms with Gasteiger partial charge in [0, 0.05) is 43.4 Å². The molecule has 0 aliphatic carbocycles. The van der Waals surface area contributed by atoms with Crippen LogP contribution in [0.1, 0.15) is 21.6 Å². The van der Waals surface area contributed by atoms with Gasteiger partial charge in [0.2, 0.25) is 11.2 Å². The van der Waals surface area contributed by atoms with E-state index < -0.39 is 15.6 Å². The second-order valence-electron chi connectivity index (χ2n) is 8.88. The number of pyridine rings is 1. The van der Waals surface area contributed by atoms with Gasteiger partial charge in [0.25, 0.3) is 0 Å². The minimum atomic E-state index is -6.09. The number of alkyl halides is 3. The van der Waals surface area contributed by atoms with Crippen LogP contribution in [0, 0.1) is 0 Å². The topological polar surface area (TPSA) is 90.6 Å². The lowest BCUT2D eigenvalue weighted by atomic mass is 10.0. The molecule has 0 aliphatic heterocycles. The number of esters is 1. The first-order valence-corrected chi connectivity index (χ1v) is 13.2. The van der Waals surface area contributed by atoms with E-state index in [9.17, 15) is 18.0 Å². The number of carbonyl (C=O) groups excluding carboxylic acids is 1. The zero-order valence-electron chi connectivity index (χ0n) is 22.1. The number of halogens is 3. The molecule has 0 saturated carbocycles. The van der Waals surface area contributed by atoms with E-state index in [1.807, 2.05) is 18.2 Å². The van der Waals surface area contributed by atoms with Gasteiger partial charge in [0.1, 0.15) is 7.05 Å². The summed E-state index contributed by atoms with van der Waals surface area (Å²) in [5, 5.41) is 1.22. The van der Waals surface area contributed by atoms with Crippen molar-refractivity contribution >= 4 is 44.8 Å². The van der Waals surface area contributed by atoms with Gasteiger partial charge in [-0.3, -0.25) is 0 Å². The number of benzene rings is 3. The lowest BCUT2D eigenvalue weighted by molar-refractivity contribution is -0.646. The molecule has 0 radical (unpaired) electrons. The van der Waals surface area contributed by atoms with Crippen LogP contribution in [-0.2, 0) is 21.9 Å². The Labute approximate surface area is 230 Å². The number of aromatic nitrogens is 1. The number of ether oxygens (including phenoxy) is 1. The van der Waals surface area contributed by atoms with Gasteiger partial charge in [-0.15, -0.1) is 0 Å². The summed E-state index contributed by atoms with van der Waals surface area (Å²) in [5.41, 5.74) is 1.58. The summed E-state index contributed by atoms with van der Waals surface area (Å²) in [6.07, 6.45) is 4.25. The van der Waals surface area contributed by atoms with Crippen LogP contribution in [0.4, 0.5) is 18.9 Å². The van der Waals surface area contributed by atoms with E-state index in [1.165, 1.54) is 23.7 Å². The Balaban J connectivity index is 0.000000482. The Morgan fingerprint density at radius 1 is 0.925 bits per heavy atom. The Kier molecular flexibility index (Phi) is 9.33. The van der Waals surface area contributed by atoms with E-state index in [2.05, 4.69) is 97.4 Å². The molecule has 0 amide bonds. The molecule has 0 saturated heterocycles. The van der Waals surface area contributed by atoms with Gasteiger partial charge in [-0.25, -0.2) is 13.2 Å². The van der Waals surface area contributed by atoms with Crippen LogP contribution < -0.4 is 9.47 Å². The second kappa shape index (κ2) is 12.3. The van der Waals surface area contributed by atoms with E-state index in [1.54, 1.807) is 6.07 Å². The van der Waals surface area contributed by atoms with Crippen LogP contribution in [0.5, 0.6) is 0 Å². The predicted octanol–water partition coefficient (Wildman–Crippen LogP) is 5.41. The third kappa shape index (κ3) is 7.45. The van der Waals surface area contributed by atoms with E-state index in [0.717, 1.165) is 22.4 Å². The van der Waals surface area contributed by atoms with Crippen LogP contribution in [0.25, 0.3) is 34.2 Å². The first kappa shape index (κ1) is 30.3. The number of hydrogen-bond acceptors (Lipinski definition) is 6. The first-order chi connectivity index (χ1) is 18.7. The minimum absolute atomic E-state index is 0.326. The molecule has 1 aromatic heterocycles. The molecule has 0 atom stereocenters. The first-order valence-electron chi connectivity index (χ1n) is 11.8. The Bertz CT molecular complexity index is 1650. The maximum absolute atomic E-state index is 11.8. The number of methoxy groups -OCH3 is 1. The molecule has 4 rings (SSSR count). The van der Waals surface area contributed by atoms with Gasteiger partial charge in [-0.1, -0.05) is 36.4 Å². The van der Waals surface area contributed by atoms with Crippen molar-refractivity contribution in [2.45, 2.75) is 5.51 Å². The van der Waals surface area contributed by atoms with Crippen LogP contribution >= 0.6 is 0 Å². The van der Waals surface area contributed by atoms with Crippen molar-refractivity contribution in [3.8, 4) is 11.1 Å². The summed E-state index contributed by atoms with van der Waals surface area (Å²) >= 11 is 0. The van der Waals surface area contributed by atoms with Crippen LogP contribution in [0.15, 0.2) is 78.9 Å². The number of carbonyl (C=O) groups is 1. The van der Waals surface area contributed by atoms with Gasteiger partial charge in [0.05, 0.1) is 12.7 Å². The normalized spacial score (nSPS) is 11.7. The fourth-order valence-electron chi connectivity index (χ4n) is 3.76. The van der Waals surface area contributed by atoms with Gasteiger partial charge >= 0.3 is 11.5 Å². The molecular formula is C29H27F3N2O5S. The number of nitrogens with zero attached hydrogens (tertiary/aromatic N) is 2. The largest absolute Gasteiger partial charge is 0.741 e. The molecule has 0 fully saturated rings. The lowest BCUT2D eigenvalue weighted by Crippen LogP contribution is -2.32. The molecule has 0 aliphatic rings. The molecule has 3 aromatic carbocycles. The fourth-order valence-corrected chi connectivity index (χ4v) is 3.76. The van der Waals surface area contributed by atoms with E-state index in [-0.39, 0.29) is 5.97 Å². The van der Waals surface area contributed by atoms with Crippen LogP contribution in [0.2, 0.25) is 0 Å². The van der Waals surface area contributed by atoms with Crippen molar-refractivity contribution in [3.63, 3.8) is 0 Å². The Morgan fingerprint density at radius 2 is 1.57 bits per heavy atom. The third-order valence-electron chi connectivity index (χ3n) is 5.97. The fraction of sp³-hybridized carbons (Fsp3) is 0.172. The lowest BCUT2D eigenvalue weighted by Gasteiger charge is -2.12. The zero-order chi connectivity index (χ0) is 29.7. The van der Waals surface area contributed by atoms with Gasteiger partial charge in [-0.2, -0.15) is 17.7 Å². The van der Waals surface area contributed by atoms with Crippen molar-refractivity contribution in [2.75, 3.05) is 26.1 Å². The third-order valence-corrected chi connectivity index (χ3v) is 6.53. The smallest absolute Gasteiger partial charge is 0.485 e. The molecule has 0 unspecified atom stereocenters. The molecule has 0 bridgehead atoms. The highest BCUT2D eigenvalue weighted by atomic mass is 32.2. The predicted molar refractivity (Wildman–Crippen MR) is 147 cm³/mol. The summed E-state index contributed by atoms with van der Waals surface area (Å²) in [6.45, 7) is 0. The quantitative estimate of drug-likeness (QED) is 0.138. The second-order valence-corrected chi connectivity index (χ2v) is 10.3. The van der Waals surface area contributed by atoms with E-state index in [0.29, 0.717) is 5.56 Å². The summed E-state index contributed by atoms with van der Waals surface area (Å²) in [4.78, 5) is 13.9. The number of anilines is 1. The molecule has 0 N–H and O–H groups in total. The molecule has 210 valence electrons. The molecule has 11 heteroatoms. The summed E-state index contributed by atoms with van der Waals surface area (Å²) in [7, 11) is 1.51. The average Bonchev–Trinajstić information content (AvgIpc) is 2.91. The van der Waals surface area contributed by atoms with Gasteiger partial charge in [-0.05, 0) is 53.1 Å². The highest BCUT2D eigenvalue weighted by molar-refractivity contribution is 7.86. The van der Waals surface area contributed by atoms with Gasteiger partial charge < -0.3 is 14.2 Å². The number of fused-ring (bicyclic) bond motifs is 1. The number of aryl methyl sites for hydroxylation is 1. The SMILES string of the molecule is COC(=O)c1cccc(-c2ccc(/C=C/c3ccc4cc(N(C)C)ccc4[n+]3C)cc2)c1.O=S(=O)([O-])C(F)(F)F. The molecule has 1 heterocycles. The van der Waals surface area contributed by atoms with Gasteiger partial charge in [0.15, 0.2) is 10.1 Å². The average molecular weight is 573 g/mol. The highest BCUT2D eigenvalue weighted by Gasteiger charge is 2.36. The van der Waals surface area contributed by atoms with Crippen LogP contribution in [-0.4, -0.2) is 45.7 Å². The molecule has 4 aromatic rings. The Morgan fingerprint density at radius 3 is 2.15 bits per heavy atom. The molecule has 0 spiro atoms. The van der Waals surface area contributed by atoms with E-state index in [4.69, 9.17) is 17.7 Å². The monoisotopic (exact) mass is 572 g/mol. The minimum Gasteiger partial charge on any atom is -0.741 e. The van der Waals surface area contributed by atoms with Crippen molar-refractivity contribution in [1.29, 1.82) is 0 Å². The number of rotatable bonds is 5. The van der Waals surface area contributed by atoms with E-state index >= 15 is 0 Å². The number of hydrogen-bond donors (Lipinski definition) is 0.